The highest BCUT2D eigenvalue weighted by Crippen LogP contribution is 2.59. The lowest BCUT2D eigenvalue weighted by atomic mass is 9.50. The van der Waals surface area contributed by atoms with E-state index >= 15 is 0 Å². The molecule has 4 saturated carbocycles. The van der Waals surface area contributed by atoms with Gasteiger partial charge in [-0.3, -0.25) is 0 Å². The normalized spacial score (nSPS) is 40.0. The lowest BCUT2D eigenvalue weighted by Crippen LogP contribution is -2.58. The van der Waals surface area contributed by atoms with E-state index < -0.39 is 0 Å². The molecule has 4 rings (SSSR count). The summed E-state index contributed by atoms with van der Waals surface area (Å²) in [6.07, 6.45) is 8.50. The van der Waals surface area contributed by atoms with Crippen molar-refractivity contribution in [1.29, 1.82) is 0 Å². The summed E-state index contributed by atoms with van der Waals surface area (Å²) in [6.45, 7) is 8.52. The summed E-state index contributed by atoms with van der Waals surface area (Å²) in [7, 11) is 0. The number of carbonyl (C=O) groups is 1. The van der Waals surface area contributed by atoms with E-state index in [1.807, 2.05) is 13.8 Å². The van der Waals surface area contributed by atoms with Gasteiger partial charge in [0.2, 0.25) is 0 Å². The van der Waals surface area contributed by atoms with Crippen molar-refractivity contribution in [3.63, 3.8) is 0 Å². The highest BCUT2D eigenvalue weighted by Gasteiger charge is 2.57. The Morgan fingerprint density at radius 2 is 1.64 bits per heavy atom. The van der Waals surface area contributed by atoms with E-state index in [0.717, 1.165) is 24.7 Å². The molecule has 0 amide bonds. The van der Waals surface area contributed by atoms with Crippen molar-refractivity contribution >= 4 is 5.97 Å². The summed E-state index contributed by atoms with van der Waals surface area (Å²) < 4.78 is 11.8. The minimum atomic E-state index is -0.237. The molecule has 0 aromatic carbocycles. The van der Waals surface area contributed by atoms with Gasteiger partial charge in [0.25, 0.3) is 0 Å². The Hall–Kier alpha value is -0.570. The van der Waals surface area contributed by atoms with Crippen LogP contribution in [0.4, 0.5) is 0 Å². The van der Waals surface area contributed by atoms with Crippen molar-refractivity contribution in [2.75, 3.05) is 6.61 Å². The molecule has 4 aliphatic carbocycles. The summed E-state index contributed by atoms with van der Waals surface area (Å²) >= 11 is 0. The summed E-state index contributed by atoms with van der Waals surface area (Å²) in [6, 6.07) is 0. The Balaban J connectivity index is 1.57. The summed E-state index contributed by atoms with van der Waals surface area (Å²) in [4.78, 5) is 12.3. The van der Waals surface area contributed by atoms with Crippen molar-refractivity contribution in [2.24, 2.45) is 23.7 Å². The zero-order valence-electron chi connectivity index (χ0n) is 14.7. The molecule has 0 atom stereocenters. The maximum atomic E-state index is 12.3. The smallest absolute Gasteiger partial charge is 0.332 e. The Labute approximate surface area is 135 Å². The van der Waals surface area contributed by atoms with Crippen LogP contribution >= 0.6 is 0 Å². The molecule has 0 spiro atoms. The topological polar surface area (TPSA) is 35.5 Å². The van der Waals surface area contributed by atoms with Gasteiger partial charge in [-0.15, -0.1) is 0 Å². The zero-order chi connectivity index (χ0) is 16.0. The van der Waals surface area contributed by atoms with Gasteiger partial charge in [-0.1, -0.05) is 13.3 Å². The van der Waals surface area contributed by atoms with Crippen molar-refractivity contribution in [3.8, 4) is 0 Å². The monoisotopic (exact) mass is 308 g/mol. The van der Waals surface area contributed by atoms with Gasteiger partial charge < -0.3 is 9.47 Å². The van der Waals surface area contributed by atoms with Gasteiger partial charge in [0.1, 0.15) is 12.2 Å². The Morgan fingerprint density at radius 1 is 1.09 bits per heavy atom. The summed E-state index contributed by atoms with van der Waals surface area (Å²) in [5, 5.41) is 0. The SMILES string of the molecule is CCCC(C)(C)OCC(=O)OC1(C)C2CC3CC(C2)CC1C3. The van der Waals surface area contributed by atoms with Crippen molar-refractivity contribution < 1.29 is 14.3 Å². The number of rotatable bonds is 6. The Kier molecular flexibility index (Phi) is 4.30. The van der Waals surface area contributed by atoms with Crippen molar-refractivity contribution in [3.05, 3.63) is 0 Å². The molecular weight excluding hydrogens is 276 g/mol. The van der Waals surface area contributed by atoms with Gasteiger partial charge in [-0.05, 0) is 83.0 Å². The molecule has 22 heavy (non-hydrogen) atoms. The molecule has 0 heterocycles. The second-order valence-corrected chi connectivity index (χ2v) is 8.76. The first-order valence-electron chi connectivity index (χ1n) is 9.18. The zero-order valence-corrected chi connectivity index (χ0v) is 14.7. The fourth-order valence-corrected chi connectivity index (χ4v) is 5.49. The lowest BCUT2D eigenvalue weighted by molar-refractivity contribution is -0.209. The Bertz CT molecular complexity index is 398. The van der Waals surface area contributed by atoms with Crippen LogP contribution in [-0.2, 0) is 14.3 Å². The molecule has 0 radical (unpaired) electrons. The van der Waals surface area contributed by atoms with Crippen LogP contribution in [0.2, 0.25) is 0 Å². The average molecular weight is 308 g/mol. The molecular formula is C19H32O3. The molecule has 4 fully saturated rings. The van der Waals surface area contributed by atoms with Crippen LogP contribution in [0.1, 0.15) is 72.6 Å². The third-order valence-corrected chi connectivity index (χ3v) is 6.53. The average Bonchev–Trinajstić information content (AvgIpc) is 2.42. The molecule has 126 valence electrons. The van der Waals surface area contributed by atoms with E-state index in [0.29, 0.717) is 11.8 Å². The predicted molar refractivity (Wildman–Crippen MR) is 86.5 cm³/mol. The van der Waals surface area contributed by atoms with Crippen LogP contribution in [0.15, 0.2) is 0 Å². The summed E-state index contributed by atoms with van der Waals surface area (Å²) in [5.74, 6) is 2.79. The number of hydrogen-bond acceptors (Lipinski definition) is 3. The van der Waals surface area contributed by atoms with E-state index in [1.54, 1.807) is 0 Å². The molecule has 0 unspecified atom stereocenters. The van der Waals surface area contributed by atoms with E-state index in [4.69, 9.17) is 9.47 Å². The molecule has 4 bridgehead atoms. The minimum absolute atomic E-state index is 0.0921. The van der Waals surface area contributed by atoms with Crippen LogP contribution in [-0.4, -0.2) is 23.8 Å². The minimum Gasteiger partial charge on any atom is -0.457 e. The van der Waals surface area contributed by atoms with Gasteiger partial charge in [0, 0.05) is 0 Å². The van der Waals surface area contributed by atoms with E-state index in [-0.39, 0.29) is 23.8 Å². The van der Waals surface area contributed by atoms with E-state index in [2.05, 4.69) is 13.8 Å². The van der Waals surface area contributed by atoms with Gasteiger partial charge in [-0.25, -0.2) is 4.79 Å². The van der Waals surface area contributed by atoms with Crippen LogP contribution < -0.4 is 0 Å². The number of esters is 1. The standard InChI is InChI=1S/C19H32O3/c1-5-6-18(2,3)21-12-17(20)22-19(4)15-8-13-7-14(10-15)11-16(19)9-13/h13-16H,5-12H2,1-4H3. The fraction of sp³-hybridized carbons (Fsp3) is 0.947. The molecule has 0 aliphatic heterocycles. The second kappa shape index (κ2) is 5.81. The van der Waals surface area contributed by atoms with E-state index in [1.165, 1.54) is 32.1 Å². The fourth-order valence-electron chi connectivity index (χ4n) is 5.49. The van der Waals surface area contributed by atoms with Gasteiger partial charge in [0.15, 0.2) is 0 Å². The van der Waals surface area contributed by atoms with Crippen molar-refractivity contribution in [2.45, 2.75) is 83.8 Å². The van der Waals surface area contributed by atoms with Crippen LogP contribution in [0.3, 0.4) is 0 Å². The predicted octanol–water partition coefficient (Wildman–Crippen LogP) is 4.34. The molecule has 3 heteroatoms. The largest absolute Gasteiger partial charge is 0.457 e. The third kappa shape index (κ3) is 3.06. The molecule has 0 N–H and O–H groups in total. The van der Waals surface area contributed by atoms with Gasteiger partial charge >= 0.3 is 5.97 Å². The van der Waals surface area contributed by atoms with Gasteiger partial charge in [0.05, 0.1) is 5.60 Å². The highest BCUT2D eigenvalue weighted by atomic mass is 16.6. The number of hydrogen-bond donors (Lipinski definition) is 0. The van der Waals surface area contributed by atoms with Crippen molar-refractivity contribution in [1.82, 2.24) is 0 Å². The number of carbonyl (C=O) groups excluding carboxylic acids is 1. The Morgan fingerprint density at radius 3 is 2.14 bits per heavy atom. The third-order valence-electron chi connectivity index (χ3n) is 6.53. The van der Waals surface area contributed by atoms with E-state index in [9.17, 15) is 4.79 Å². The maximum Gasteiger partial charge on any atom is 0.332 e. The second-order valence-electron chi connectivity index (χ2n) is 8.76. The first kappa shape index (κ1) is 16.3. The quantitative estimate of drug-likeness (QED) is 0.685. The molecule has 4 aliphatic rings. The first-order valence-corrected chi connectivity index (χ1v) is 9.18. The molecule has 3 nitrogen and oxygen atoms in total. The van der Waals surface area contributed by atoms with Gasteiger partial charge in [-0.2, -0.15) is 0 Å². The first-order chi connectivity index (χ1) is 10.3. The summed E-state index contributed by atoms with van der Waals surface area (Å²) in [5.41, 5.74) is -0.471. The molecule has 0 saturated heterocycles. The highest BCUT2D eigenvalue weighted by molar-refractivity contribution is 5.71. The molecule has 0 aromatic rings. The maximum absolute atomic E-state index is 12.3. The van der Waals surface area contributed by atoms with Crippen LogP contribution in [0, 0.1) is 23.7 Å². The van der Waals surface area contributed by atoms with Crippen LogP contribution in [0.5, 0.6) is 0 Å². The molecule has 0 aromatic heterocycles. The lowest BCUT2D eigenvalue weighted by Gasteiger charge is -2.59. The van der Waals surface area contributed by atoms with Crippen LogP contribution in [0.25, 0.3) is 0 Å². The number of ether oxygens (including phenoxy) is 2.